The summed E-state index contributed by atoms with van der Waals surface area (Å²) < 4.78 is 26.1. The van der Waals surface area contributed by atoms with Crippen LogP contribution in [0.5, 0.6) is 0 Å². The first-order valence-corrected chi connectivity index (χ1v) is 13.0. The normalized spacial score (nSPS) is 28.1. The molecule has 2 heterocycles. The van der Waals surface area contributed by atoms with Crippen molar-refractivity contribution in [3.63, 3.8) is 0 Å². The van der Waals surface area contributed by atoms with Crippen LogP contribution in [0.4, 0.5) is 0 Å². The highest BCUT2D eigenvalue weighted by atomic mass is 16.8. The number of aliphatic hydroxyl groups is 2. The van der Waals surface area contributed by atoms with Gasteiger partial charge in [-0.1, -0.05) is 84.9 Å². The minimum absolute atomic E-state index is 0.214. The smallest absolute Gasteiger partial charge is 0.222 e. The Labute approximate surface area is 222 Å². The molecule has 6 atom stereocenters. The number of aliphatic hydroxyl groups excluding tert-OH is 2. The van der Waals surface area contributed by atoms with Gasteiger partial charge in [0, 0.05) is 16.7 Å². The quantitative estimate of drug-likeness (QED) is 0.396. The summed E-state index contributed by atoms with van der Waals surface area (Å²) >= 11 is 0. The predicted molar refractivity (Wildman–Crippen MR) is 143 cm³/mol. The lowest BCUT2D eigenvalue weighted by Crippen LogP contribution is -2.62. The number of fused-ring (bicyclic) bond motifs is 2. The summed E-state index contributed by atoms with van der Waals surface area (Å²) in [6.45, 7) is 3.84. The largest absolute Gasteiger partial charge is 0.394 e. The van der Waals surface area contributed by atoms with E-state index in [0.29, 0.717) is 0 Å². The number of rotatable bonds is 5. The Morgan fingerprint density at radius 1 is 0.816 bits per heavy atom. The van der Waals surface area contributed by atoms with Crippen LogP contribution in [0.1, 0.15) is 34.1 Å². The van der Waals surface area contributed by atoms with Gasteiger partial charge in [-0.2, -0.15) is 0 Å². The highest BCUT2D eigenvalue weighted by molar-refractivity contribution is 5.83. The van der Waals surface area contributed by atoms with E-state index in [0.717, 1.165) is 33.0 Å². The molecule has 4 aromatic rings. The molecule has 2 N–H and O–H groups in total. The van der Waals surface area contributed by atoms with E-state index in [1.807, 2.05) is 73.7 Å². The van der Waals surface area contributed by atoms with Gasteiger partial charge >= 0.3 is 0 Å². The van der Waals surface area contributed by atoms with Crippen molar-refractivity contribution in [2.24, 2.45) is 0 Å². The summed E-state index contributed by atoms with van der Waals surface area (Å²) in [7, 11) is 0. The lowest BCUT2D eigenvalue weighted by atomic mass is 9.91. The maximum Gasteiger partial charge on any atom is 0.222 e. The Morgan fingerprint density at radius 3 is 2.34 bits per heavy atom. The Morgan fingerprint density at radius 2 is 1.58 bits per heavy atom. The van der Waals surface area contributed by atoms with Crippen LogP contribution in [-0.2, 0) is 24.7 Å². The van der Waals surface area contributed by atoms with E-state index in [-0.39, 0.29) is 6.61 Å². The van der Waals surface area contributed by atoms with Gasteiger partial charge in [-0.15, -0.1) is 0 Å². The Bertz CT molecular complexity index is 1420. The van der Waals surface area contributed by atoms with Crippen LogP contribution in [0.2, 0.25) is 0 Å². The predicted octanol–water partition coefficient (Wildman–Crippen LogP) is 4.91. The van der Waals surface area contributed by atoms with Crippen molar-refractivity contribution in [3.05, 3.63) is 119 Å². The zero-order valence-electron chi connectivity index (χ0n) is 21.5. The molecule has 2 aliphatic rings. The molecule has 2 aliphatic heterocycles. The summed E-state index contributed by atoms with van der Waals surface area (Å²) in [4.78, 5) is 0. The van der Waals surface area contributed by atoms with Crippen LogP contribution >= 0.6 is 0 Å². The van der Waals surface area contributed by atoms with E-state index in [2.05, 4.69) is 31.2 Å². The maximum absolute atomic E-state index is 10.9. The molecule has 2 unspecified atom stereocenters. The second kappa shape index (κ2) is 10.2. The average molecular weight is 513 g/mol. The van der Waals surface area contributed by atoms with Crippen LogP contribution in [0.25, 0.3) is 10.8 Å². The molecule has 6 rings (SSSR count). The zero-order valence-corrected chi connectivity index (χ0v) is 21.5. The van der Waals surface area contributed by atoms with Gasteiger partial charge in [0.15, 0.2) is 6.29 Å². The van der Waals surface area contributed by atoms with E-state index >= 15 is 0 Å². The first-order chi connectivity index (χ1) is 18.5. The summed E-state index contributed by atoms with van der Waals surface area (Å²) in [6.07, 6.45) is -3.93. The van der Waals surface area contributed by atoms with Gasteiger partial charge in [0.1, 0.15) is 24.4 Å². The highest BCUT2D eigenvalue weighted by Gasteiger charge is 2.53. The van der Waals surface area contributed by atoms with Crippen LogP contribution in [0.15, 0.2) is 91.0 Å². The molecular formula is C32H32O6. The van der Waals surface area contributed by atoms with Crippen LogP contribution < -0.4 is 0 Å². The van der Waals surface area contributed by atoms with Gasteiger partial charge in [-0.05, 0) is 41.8 Å². The molecule has 0 radical (unpaired) electrons. The summed E-state index contributed by atoms with van der Waals surface area (Å²) in [5.41, 5.74) is 4.78. The second-order valence-corrected chi connectivity index (χ2v) is 10.1. The fraction of sp³-hybridized carbons (Fsp3) is 0.312. The standard InChI is InChI=1S/C32H32O6/c1-20-12-13-24(16-21(20)2)31-36-28-19-35-32(25-10-4-3-5-11-25,38-30(28)29(37-31)27(34)18-33)26-15-14-22-8-6-7-9-23(22)17-26/h3-17,27-31,33-34H,18-19H2,1-2H3/t27-,28+,29-,30-,31?,32?/m1/s1. The van der Waals surface area contributed by atoms with E-state index < -0.39 is 43.1 Å². The molecule has 6 nitrogen and oxygen atoms in total. The van der Waals surface area contributed by atoms with Gasteiger partial charge in [-0.25, -0.2) is 0 Å². The monoisotopic (exact) mass is 512 g/mol. The SMILES string of the molecule is Cc1ccc(C2O[C@H]([C@H](O)CO)[C@@H]3OC(c4ccccc4)(c4ccc5ccccc5c4)OC[C@@H]3O2)cc1C. The number of aryl methyl sites for hydroxylation is 2. The fourth-order valence-corrected chi connectivity index (χ4v) is 5.41. The van der Waals surface area contributed by atoms with Crippen LogP contribution in [-0.4, -0.2) is 47.8 Å². The fourth-order valence-electron chi connectivity index (χ4n) is 5.41. The molecule has 4 aromatic carbocycles. The molecule has 38 heavy (non-hydrogen) atoms. The first kappa shape index (κ1) is 25.2. The number of hydrogen-bond donors (Lipinski definition) is 2. The van der Waals surface area contributed by atoms with Gasteiger partial charge in [0.25, 0.3) is 0 Å². The minimum Gasteiger partial charge on any atom is -0.394 e. The number of hydrogen-bond acceptors (Lipinski definition) is 6. The third-order valence-electron chi connectivity index (χ3n) is 7.68. The first-order valence-electron chi connectivity index (χ1n) is 13.0. The molecule has 0 aliphatic carbocycles. The van der Waals surface area contributed by atoms with Crippen molar-refractivity contribution < 1.29 is 29.2 Å². The van der Waals surface area contributed by atoms with E-state index in [4.69, 9.17) is 18.9 Å². The minimum atomic E-state index is -1.25. The van der Waals surface area contributed by atoms with Gasteiger partial charge in [0.05, 0.1) is 13.2 Å². The molecule has 2 fully saturated rings. The molecule has 0 amide bonds. The number of ether oxygens (including phenoxy) is 4. The van der Waals surface area contributed by atoms with Crippen LogP contribution in [0.3, 0.4) is 0 Å². The average Bonchev–Trinajstić information content (AvgIpc) is 2.97. The Hall–Kier alpha value is -3.10. The van der Waals surface area contributed by atoms with E-state index in [9.17, 15) is 10.2 Å². The van der Waals surface area contributed by atoms with Crippen molar-refractivity contribution in [3.8, 4) is 0 Å². The summed E-state index contributed by atoms with van der Waals surface area (Å²) in [5, 5.41) is 23.0. The van der Waals surface area contributed by atoms with E-state index in [1.165, 1.54) is 5.56 Å². The van der Waals surface area contributed by atoms with Crippen molar-refractivity contribution in [2.75, 3.05) is 13.2 Å². The van der Waals surface area contributed by atoms with Crippen molar-refractivity contribution in [1.82, 2.24) is 0 Å². The number of benzene rings is 4. The maximum atomic E-state index is 10.9. The Kier molecular flexibility index (Phi) is 6.78. The third-order valence-corrected chi connectivity index (χ3v) is 7.68. The Balaban J connectivity index is 1.40. The lowest BCUT2D eigenvalue weighted by Gasteiger charge is -2.51. The lowest BCUT2D eigenvalue weighted by molar-refractivity contribution is -0.396. The molecule has 0 saturated carbocycles. The highest BCUT2D eigenvalue weighted by Crippen LogP contribution is 2.45. The molecule has 196 valence electrons. The van der Waals surface area contributed by atoms with Gasteiger partial charge < -0.3 is 29.2 Å². The molecule has 0 bridgehead atoms. The molecule has 0 aromatic heterocycles. The molecular weight excluding hydrogens is 480 g/mol. The topological polar surface area (TPSA) is 77.4 Å². The van der Waals surface area contributed by atoms with Crippen molar-refractivity contribution in [2.45, 2.75) is 50.3 Å². The molecule has 2 saturated heterocycles. The third kappa shape index (κ3) is 4.43. The van der Waals surface area contributed by atoms with E-state index in [1.54, 1.807) is 0 Å². The molecule has 6 heteroatoms. The van der Waals surface area contributed by atoms with Gasteiger partial charge in [-0.3, -0.25) is 0 Å². The van der Waals surface area contributed by atoms with Crippen molar-refractivity contribution >= 4 is 10.8 Å². The zero-order chi connectivity index (χ0) is 26.3. The van der Waals surface area contributed by atoms with Gasteiger partial charge in [0.2, 0.25) is 5.79 Å². The second-order valence-electron chi connectivity index (χ2n) is 10.1. The molecule has 0 spiro atoms. The van der Waals surface area contributed by atoms with Crippen LogP contribution in [0, 0.1) is 13.8 Å². The summed E-state index contributed by atoms with van der Waals surface area (Å²) in [6, 6.07) is 30.1. The van der Waals surface area contributed by atoms with Crippen molar-refractivity contribution in [1.29, 1.82) is 0 Å². The summed E-state index contributed by atoms with van der Waals surface area (Å²) in [5.74, 6) is -1.25.